The maximum absolute atomic E-state index is 12.8. The van der Waals surface area contributed by atoms with Gasteiger partial charge in [-0.25, -0.2) is 4.98 Å². The van der Waals surface area contributed by atoms with Gasteiger partial charge in [-0.15, -0.1) is 0 Å². The molecule has 0 radical (unpaired) electrons. The summed E-state index contributed by atoms with van der Waals surface area (Å²) in [7, 11) is 0. The maximum Gasteiger partial charge on any atom is 0.255 e. The monoisotopic (exact) mass is 328 g/mol. The van der Waals surface area contributed by atoms with E-state index in [2.05, 4.69) is 9.88 Å². The quantitative estimate of drug-likeness (QED) is 0.841. The summed E-state index contributed by atoms with van der Waals surface area (Å²) in [5.74, 6) is 0.0404. The molecular weight excluding hydrogens is 304 g/mol. The minimum absolute atomic E-state index is 0.0404. The predicted molar refractivity (Wildman–Crippen MR) is 89.5 cm³/mol. The van der Waals surface area contributed by atoms with Crippen LogP contribution >= 0.6 is 0 Å². The van der Waals surface area contributed by atoms with E-state index in [0.29, 0.717) is 17.3 Å². The van der Waals surface area contributed by atoms with Crippen LogP contribution in [0.5, 0.6) is 0 Å². The van der Waals surface area contributed by atoms with Gasteiger partial charge in [0.2, 0.25) is 0 Å². The summed E-state index contributed by atoms with van der Waals surface area (Å²) in [5.41, 5.74) is 0.918. The van der Waals surface area contributed by atoms with Crippen molar-refractivity contribution in [2.45, 2.75) is 31.7 Å². The lowest BCUT2D eigenvalue weighted by Gasteiger charge is -2.37. The van der Waals surface area contributed by atoms with E-state index in [-0.39, 0.29) is 5.91 Å². The van der Waals surface area contributed by atoms with Crippen molar-refractivity contribution in [3.8, 4) is 6.07 Å². The Kier molecular flexibility index (Phi) is 5.78. The number of amides is 1. The molecule has 1 aromatic heterocycles. The minimum Gasteiger partial charge on any atom is -0.379 e. The molecular formula is C18H24N4O2. The second-order valence-corrected chi connectivity index (χ2v) is 6.43. The predicted octanol–water partition coefficient (Wildman–Crippen LogP) is 1.67. The number of hydrogen-bond donors (Lipinski definition) is 0. The fourth-order valence-corrected chi connectivity index (χ4v) is 3.48. The third-order valence-corrected chi connectivity index (χ3v) is 4.90. The molecule has 3 rings (SSSR count). The summed E-state index contributed by atoms with van der Waals surface area (Å²) in [5, 5.41) is 8.83. The molecule has 2 aliphatic heterocycles. The standard InChI is InChI=1S/C18H24N4O2/c19-13-16-5-4-15(14-20-16)18(23)22-7-2-1-3-17(22)6-8-21-9-11-24-12-10-21/h4-5,14,17H,1-3,6-12H2. The SMILES string of the molecule is N#Cc1ccc(C(=O)N2CCCCC2CCN2CCOCC2)cn1. The second kappa shape index (κ2) is 8.22. The van der Waals surface area contributed by atoms with Crippen LogP contribution in [0.2, 0.25) is 0 Å². The molecule has 2 aliphatic rings. The van der Waals surface area contributed by atoms with Gasteiger partial charge in [0, 0.05) is 38.4 Å². The molecule has 6 heteroatoms. The number of ether oxygens (including phenoxy) is 1. The Morgan fingerprint density at radius 2 is 2.12 bits per heavy atom. The van der Waals surface area contributed by atoms with Crippen molar-refractivity contribution in [2.75, 3.05) is 39.4 Å². The van der Waals surface area contributed by atoms with E-state index in [0.717, 1.165) is 58.7 Å². The van der Waals surface area contributed by atoms with Gasteiger partial charge < -0.3 is 9.64 Å². The van der Waals surface area contributed by atoms with Crippen LogP contribution in [-0.2, 0) is 4.74 Å². The average Bonchev–Trinajstić information content (AvgIpc) is 2.67. The first kappa shape index (κ1) is 16.9. The Balaban J connectivity index is 1.62. The zero-order valence-electron chi connectivity index (χ0n) is 14.0. The van der Waals surface area contributed by atoms with Gasteiger partial charge in [-0.05, 0) is 37.8 Å². The van der Waals surface area contributed by atoms with Gasteiger partial charge >= 0.3 is 0 Å². The van der Waals surface area contributed by atoms with Gasteiger partial charge in [0.1, 0.15) is 11.8 Å². The Bertz CT molecular complexity index is 590. The Morgan fingerprint density at radius 3 is 2.83 bits per heavy atom. The highest BCUT2D eigenvalue weighted by Gasteiger charge is 2.28. The lowest BCUT2D eigenvalue weighted by molar-refractivity contribution is 0.0295. The van der Waals surface area contributed by atoms with E-state index in [4.69, 9.17) is 10.00 Å². The van der Waals surface area contributed by atoms with Crippen molar-refractivity contribution in [2.24, 2.45) is 0 Å². The number of morpholine rings is 1. The van der Waals surface area contributed by atoms with Crippen molar-refractivity contribution in [1.82, 2.24) is 14.8 Å². The molecule has 3 heterocycles. The summed E-state index contributed by atoms with van der Waals surface area (Å²) < 4.78 is 5.39. The first-order chi connectivity index (χ1) is 11.8. The number of piperidine rings is 1. The number of rotatable bonds is 4. The van der Waals surface area contributed by atoms with Gasteiger partial charge in [0.05, 0.1) is 18.8 Å². The molecule has 0 N–H and O–H groups in total. The second-order valence-electron chi connectivity index (χ2n) is 6.43. The zero-order chi connectivity index (χ0) is 16.8. The molecule has 0 aliphatic carbocycles. The van der Waals surface area contributed by atoms with E-state index in [1.165, 1.54) is 12.6 Å². The van der Waals surface area contributed by atoms with Gasteiger partial charge in [0.15, 0.2) is 0 Å². The highest BCUT2D eigenvalue weighted by molar-refractivity contribution is 5.94. The van der Waals surface area contributed by atoms with E-state index in [1.807, 2.05) is 11.0 Å². The van der Waals surface area contributed by atoms with Crippen LogP contribution < -0.4 is 0 Å². The molecule has 2 fully saturated rings. The van der Waals surface area contributed by atoms with E-state index in [1.54, 1.807) is 12.1 Å². The number of nitrogens with zero attached hydrogens (tertiary/aromatic N) is 4. The fourth-order valence-electron chi connectivity index (χ4n) is 3.48. The number of carbonyl (C=O) groups is 1. The first-order valence-electron chi connectivity index (χ1n) is 8.75. The molecule has 1 amide bonds. The van der Waals surface area contributed by atoms with E-state index >= 15 is 0 Å². The molecule has 6 nitrogen and oxygen atoms in total. The van der Waals surface area contributed by atoms with Gasteiger partial charge in [-0.3, -0.25) is 9.69 Å². The third-order valence-electron chi connectivity index (χ3n) is 4.90. The summed E-state index contributed by atoms with van der Waals surface area (Å²) in [6.45, 7) is 5.42. The van der Waals surface area contributed by atoms with Crippen molar-refractivity contribution in [1.29, 1.82) is 5.26 Å². The largest absolute Gasteiger partial charge is 0.379 e. The molecule has 1 atom stereocenters. The van der Waals surface area contributed by atoms with Crippen LogP contribution in [0, 0.1) is 11.3 Å². The molecule has 24 heavy (non-hydrogen) atoms. The van der Waals surface area contributed by atoms with Gasteiger partial charge in [-0.2, -0.15) is 5.26 Å². The molecule has 2 saturated heterocycles. The third kappa shape index (κ3) is 4.11. The molecule has 1 unspecified atom stereocenters. The number of aromatic nitrogens is 1. The molecule has 0 spiro atoms. The molecule has 128 valence electrons. The maximum atomic E-state index is 12.8. The smallest absolute Gasteiger partial charge is 0.255 e. The van der Waals surface area contributed by atoms with Crippen LogP contribution in [0.25, 0.3) is 0 Å². The van der Waals surface area contributed by atoms with Crippen LogP contribution in [0.3, 0.4) is 0 Å². The van der Waals surface area contributed by atoms with Crippen molar-refractivity contribution in [3.63, 3.8) is 0 Å². The molecule has 0 aromatic carbocycles. The Morgan fingerprint density at radius 1 is 1.29 bits per heavy atom. The summed E-state index contributed by atoms with van der Waals surface area (Å²) in [4.78, 5) is 21.3. The molecule has 1 aromatic rings. The number of pyridine rings is 1. The van der Waals surface area contributed by atoms with Crippen LogP contribution in [0.4, 0.5) is 0 Å². The topological polar surface area (TPSA) is 69.5 Å². The number of nitriles is 1. The van der Waals surface area contributed by atoms with Crippen LogP contribution in [0.15, 0.2) is 18.3 Å². The molecule has 0 saturated carbocycles. The Hall–Kier alpha value is -1.97. The number of likely N-dealkylation sites (tertiary alicyclic amines) is 1. The highest BCUT2D eigenvalue weighted by atomic mass is 16.5. The van der Waals surface area contributed by atoms with Crippen LogP contribution in [0.1, 0.15) is 41.7 Å². The Labute approximate surface area is 143 Å². The minimum atomic E-state index is 0.0404. The van der Waals surface area contributed by atoms with Crippen molar-refractivity contribution < 1.29 is 9.53 Å². The van der Waals surface area contributed by atoms with Gasteiger partial charge in [0.25, 0.3) is 5.91 Å². The number of carbonyl (C=O) groups excluding carboxylic acids is 1. The van der Waals surface area contributed by atoms with Crippen molar-refractivity contribution in [3.05, 3.63) is 29.6 Å². The fraction of sp³-hybridized carbons (Fsp3) is 0.611. The average molecular weight is 328 g/mol. The van der Waals surface area contributed by atoms with Crippen molar-refractivity contribution >= 4 is 5.91 Å². The number of hydrogen-bond acceptors (Lipinski definition) is 5. The van der Waals surface area contributed by atoms with E-state index < -0.39 is 0 Å². The normalized spacial score (nSPS) is 22.1. The first-order valence-corrected chi connectivity index (χ1v) is 8.75. The van der Waals surface area contributed by atoms with Crippen LogP contribution in [-0.4, -0.2) is 66.1 Å². The summed E-state index contributed by atoms with van der Waals surface area (Å²) >= 11 is 0. The summed E-state index contributed by atoms with van der Waals surface area (Å²) in [6, 6.07) is 5.60. The highest BCUT2D eigenvalue weighted by Crippen LogP contribution is 2.22. The summed E-state index contributed by atoms with van der Waals surface area (Å²) in [6.07, 6.45) is 5.84. The lowest BCUT2D eigenvalue weighted by atomic mass is 9.98. The van der Waals surface area contributed by atoms with E-state index in [9.17, 15) is 4.79 Å². The lowest BCUT2D eigenvalue weighted by Crippen LogP contribution is -2.46. The zero-order valence-corrected chi connectivity index (χ0v) is 14.0. The van der Waals surface area contributed by atoms with Gasteiger partial charge in [-0.1, -0.05) is 0 Å². The molecule has 0 bridgehead atoms.